The van der Waals surface area contributed by atoms with Crippen molar-refractivity contribution in [2.45, 2.75) is 25.2 Å². The molecule has 1 aromatic heterocycles. The first-order chi connectivity index (χ1) is 8.90. The summed E-state index contributed by atoms with van der Waals surface area (Å²) in [6, 6.07) is 0. The maximum Gasteiger partial charge on any atom is 0.347 e. The van der Waals surface area contributed by atoms with Crippen LogP contribution < -0.4 is 4.72 Å². The molecule has 0 aromatic carbocycles. The van der Waals surface area contributed by atoms with E-state index < -0.39 is 16.0 Å². The Morgan fingerprint density at radius 1 is 1.53 bits per heavy atom. The highest BCUT2D eigenvalue weighted by Crippen LogP contribution is 2.26. The summed E-state index contributed by atoms with van der Waals surface area (Å²) in [5, 5.41) is 10.5. The highest BCUT2D eigenvalue weighted by atomic mass is 32.2. The molecule has 0 atom stereocenters. The van der Waals surface area contributed by atoms with Gasteiger partial charge in [0.25, 0.3) is 0 Å². The van der Waals surface area contributed by atoms with Gasteiger partial charge in [0.15, 0.2) is 0 Å². The van der Waals surface area contributed by atoms with E-state index in [0.29, 0.717) is 25.2 Å². The maximum atomic E-state index is 12.1. The summed E-state index contributed by atoms with van der Waals surface area (Å²) in [6.07, 6.45) is 0.540. The molecule has 1 aromatic rings. The van der Waals surface area contributed by atoms with Crippen molar-refractivity contribution in [1.29, 1.82) is 0 Å². The first-order valence-electron chi connectivity index (χ1n) is 5.79. The lowest BCUT2D eigenvalue weighted by Gasteiger charge is -2.07. The van der Waals surface area contributed by atoms with Gasteiger partial charge in [-0.2, -0.15) is 0 Å². The molecule has 19 heavy (non-hydrogen) atoms. The molecule has 0 amide bonds. The number of sulfonamides is 1. The normalized spacial score (nSPS) is 11.7. The molecule has 8 heteroatoms. The molecule has 1 rings (SSSR count). The van der Waals surface area contributed by atoms with Crippen molar-refractivity contribution in [2.24, 2.45) is 0 Å². The number of carboxylic acid groups (broad SMARTS) is 1. The summed E-state index contributed by atoms with van der Waals surface area (Å²) in [7, 11) is -3.79. The monoisotopic (exact) mass is 307 g/mol. The number of nitrogens with one attached hydrogen (secondary N) is 1. The third kappa shape index (κ3) is 4.27. The van der Waals surface area contributed by atoms with Gasteiger partial charge in [0.1, 0.15) is 9.77 Å². The van der Waals surface area contributed by atoms with Gasteiger partial charge in [-0.05, 0) is 31.2 Å². The van der Waals surface area contributed by atoms with Gasteiger partial charge in [-0.1, -0.05) is 0 Å². The molecule has 108 valence electrons. The predicted molar refractivity (Wildman–Crippen MR) is 72.3 cm³/mol. The average molecular weight is 307 g/mol. The molecule has 0 unspecified atom stereocenters. The van der Waals surface area contributed by atoms with Gasteiger partial charge in [-0.15, -0.1) is 11.3 Å². The number of rotatable bonds is 8. The van der Waals surface area contributed by atoms with E-state index in [1.54, 1.807) is 6.92 Å². The Labute approximate surface area is 116 Å². The molecular formula is C11H17NO5S2. The molecule has 0 fully saturated rings. The van der Waals surface area contributed by atoms with Crippen molar-refractivity contribution >= 4 is 27.3 Å². The van der Waals surface area contributed by atoms with Crippen LogP contribution in [0.15, 0.2) is 10.3 Å². The Morgan fingerprint density at radius 3 is 2.79 bits per heavy atom. The van der Waals surface area contributed by atoms with Gasteiger partial charge < -0.3 is 9.84 Å². The molecule has 0 spiro atoms. The second-order valence-corrected chi connectivity index (χ2v) is 6.41. The Balaban J connectivity index is 2.77. The summed E-state index contributed by atoms with van der Waals surface area (Å²) in [5.41, 5.74) is 0.444. The van der Waals surface area contributed by atoms with Crippen LogP contribution >= 0.6 is 11.3 Å². The molecule has 0 aliphatic carbocycles. The Morgan fingerprint density at radius 2 is 2.21 bits per heavy atom. The van der Waals surface area contributed by atoms with E-state index >= 15 is 0 Å². The maximum absolute atomic E-state index is 12.1. The van der Waals surface area contributed by atoms with E-state index in [-0.39, 0.29) is 16.3 Å². The first kappa shape index (κ1) is 16.1. The van der Waals surface area contributed by atoms with Crippen LogP contribution in [0.4, 0.5) is 0 Å². The van der Waals surface area contributed by atoms with Crippen LogP contribution in [0.5, 0.6) is 0 Å². The van der Waals surface area contributed by atoms with Crippen LogP contribution in [-0.2, 0) is 14.8 Å². The minimum atomic E-state index is -3.79. The summed E-state index contributed by atoms with van der Waals surface area (Å²) in [5.74, 6) is -1.23. The van der Waals surface area contributed by atoms with Crippen LogP contribution in [-0.4, -0.2) is 39.3 Å². The molecule has 0 radical (unpaired) electrons. The minimum Gasteiger partial charge on any atom is -0.477 e. The zero-order valence-electron chi connectivity index (χ0n) is 10.8. The van der Waals surface area contributed by atoms with Gasteiger partial charge in [0, 0.05) is 19.8 Å². The van der Waals surface area contributed by atoms with E-state index in [2.05, 4.69) is 4.72 Å². The van der Waals surface area contributed by atoms with Crippen molar-refractivity contribution in [3.8, 4) is 0 Å². The van der Waals surface area contributed by atoms with Crippen molar-refractivity contribution in [3.63, 3.8) is 0 Å². The summed E-state index contributed by atoms with van der Waals surface area (Å²) < 4.78 is 31.6. The summed E-state index contributed by atoms with van der Waals surface area (Å²) in [4.78, 5) is 10.7. The SMILES string of the molecule is CCOCCCNS(=O)(=O)c1c(C)csc1C(=O)O. The highest BCUT2D eigenvalue weighted by molar-refractivity contribution is 7.89. The third-order valence-corrected chi connectivity index (χ3v) is 5.21. The van der Waals surface area contributed by atoms with Crippen LogP contribution in [0.1, 0.15) is 28.6 Å². The summed E-state index contributed by atoms with van der Waals surface area (Å²) >= 11 is 0.915. The van der Waals surface area contributed by atoms with Crippen LogP contribution in [0, 0.1) is 6.92 Å². The van der Waals surface area contributed by atoms with Crippen molar-refractivity contribution in [3.05, 3.63) is 15.8 Å². The number of aryl methyl sites for hydroxylation is 1. The lowest BCUT2D eigenvalue weighted by molar-refractivity contribution is 0.0698. The number of hydrogen-bond donors (Lipinski definition) is 2. The fourth-order valence-electron chi connectivity index (χ4n) is 1.51. The highest BCUT2D eigenvalue weighted by Gasteiger charge is 2.26. The predicted octanol–water partition coefficient (Wildman–Crippen LogP) is 1.46. The second-order valence-electron chi connectivity index (χ2n) is 3.83. The summed E-state index contributed by atoms with van der Waals surface area (Å²) in [6.45, 7) is 4.71. The van der Waals surface area contributed by atoms with E-state index in [9.17, 15) is 13.2 Å². The Bertz CT molecular complexity index is 535. The number of carbonyl (C=O) groups is 1. The van der Waals surface area contributed by atoms with E-state index in [1.165, 1.54) is 5.38 Å². The van der Waals surface area contributed by atoms with Crippen LogP contribution in [0.25, 0.3) is 0 Å². The van der Waals surface area contributed by atoms with Crippen LogP contribution in [0.3, 0.4) is 0 Å². The largest absolute Gasteiger partial charge is 0.477 e. The quantitative estimate of drug-likeness (QED) is 0.709. The van der Waals surface area contributed by atoms with Crippen molar-refractivity contribution in [1.82, 2.24) is 4.72 Å². The molecule has 2 N–H and O–H groups in total. The standard InChI is InChI=1S/C11H17NO5S2/c1-3-17-6-4-5-12-19(15,16)10-8(2)7-18-9(10)11(13)14/h7,12H,3-6H2,1-2H3,(H,13,14). The second kappa shape index (κ2) is 6.99. The lowest BCUT2D eigenvalue weighted by atomic mass is 10.3. The smallest absolute Gasteiger partial charge is 0.347 e. The number of ether oxygens (including phenoxy) is 1. The van der Waals surface area contributed by atoms with E-state index in [1.807, 2.05) is 6.92 Å². The number of thiophene rings is 1. The number of hydrogen-bond acceptors (Lipinski definition) is 5. The van der Waals surface area contributed by atoms with Gasteiger partial charge in [-0.3, -0.25) is 0 Å². The number of aromatic carboxylic acids is 1. The molecule has 6 nitrogen and oxygen atoms in total. The average Bonchev–Trinajstić information content (AvgIpc) is 2.71. The van der Waals surface area contributed by atoms with E-state index in [4.69, 9.17) is 9.84 Å². The van der Waals surface area contributed by atoms with Gasteiger partial charge >= 0.3 is 5.97 Å². The van der Waals surface area contributed by atoms with Crippen molar-refractivity contribution < 1.29 is 23.1 Å². The zero-order valence-corrected chi connectivity index (χ0v) is 12.4. The Kier molecular flexibility index (Phi) is 5.92. The van der Waals surface area contributed by atoms with Gasteiger partial charge in [-0.25, -0.2) is 17.9 Å². The first-order valence-corrected chi connectivity index (χ1v) is 8.15. The number of carboxylic acids is 1. The molecule has 0 saturated heterocycles. The van der Waals surface area contributed by atoms with Gasteiger partial charge in [0.2, 0.25) is 10.0 Å². The topological polar surface area (TPSA) is 92.7 Å². The molecule has 0 bridgehead atoms. The molecule has 1 heterocycles. The van der Waals surface area contributed by atoms with Gasteiger partial charge in [0.05, 0.1) is 0 Å². The molecule has 0 aliphatic heterocycles. The minimum absolute atomic E-state index is 0.138. The fourth-order valence-corrected chi connectivity index (χ4v) is 4.21. The van der Waals surface area contributed by atoms with E-state index in [0.717, 1.165) is 11.3 Å². The Hall–Kier alpha value is -0.960. The third-order valence-electron chi connectivity index (χ3n) is 2.34. The molecule has 0 saturated carbocycles. The van der Waals surface area contributed by atoms with Crippen molar-refractivity contribution in [2.75, 3.05) is 19.8 Å². The van der Waals surface area contributed by atoms with Crippen LogP contribution in [0.2, 0.25) is 0 Å². The molecular weight excluding hydrogens is 290 g/mol. The fraction of sp³-hybridized carbons (Fsp3) is 0.545. The lowest BCUT2D eigenvalue weighted by Crippen LogP contribution is -2.27. The molecule has 0 aliphatic rings. The zero-order chi connectivity index (χ0) is 14.5.